The molecule has 2 amide bonds. The Morgan fingerprint density at radius 1 is 1.25 bits per heavy atom. The molecule has 3 aliphatic heterocycles. The van der Waals surface area contributed by atoms with Gasteiger partial charge in [0.15, 0.2) is 0 Å². The van der Waals surface area contributed by atoms with Gasteiger partial charge in [-0.15, -0.1) is 18.3 Å². The minimum atomic E-state index is -0.792. The van der Waals surface area contributed by atoms with Crippen LogP contribution < -0.4 is 0 Å². The molecule has 2 unspecified atom stereocenters. The van der Waals surface area contributed by atoms with Gasteiger partial charge in [-0.1, -0.05) is 57.2 Å². The van der Waals surface area contributed by atoms with Gasteiger partial charge in [-0.2, -0.15) is 0 Å². The van der Waals surface area contributed by atoms with E-state index in [-0.39, 0.29) is 41.7 Å². The predicted octanol–water partition coefficient (Wildman–Crippen LogP) is 4.47. The molecule has 1 aromatic carbocycles. The van der Waals surface area contributed by atoms with Crippen molar-refractivity contribution < 1.29 is 24.2 Å². The molecule has 0 saturated carbocycles. The smallest absolute Gasteiger partial charge is 0.310 e. The van der Waals surface area contributed by atoms with Crippen LogP contribution in [-0.4, -0.2) is 80.1 Å². The number of carbonyl (C=O) groups excluding carboxylic acids is 3. The number of esters is 1. The first-order valence-corrected chi connectivity index (χ1v) is 15.4. The average Bonchev–Trinajstić information content (AvgIpc) is 3.52. The summed E-state index contributed by atoms with van der Waals surface area (Å²) in [5.41, 5.74) is 0.430. The summed E-state index contributed by atoms with van der Waals surface area (Å²) in [6.07, 6.45) is 4.34. The van der Waals surface area contributed by atoms with E-state index in [0.29, 0.717) is 19.4 Å². The predicted molar refractivity (Wildman–Crippen MR) is 159 cm³/mol. The molecule has 4 rings (SSSR count). The van der Waals surface area contributed by atoms with Crippen molar-refractivity contribution in [2.75, 3.05) is 19.8 Å². The van der Waals surface area contributed by atoms with Gasteiger partial charge in [-0.3, -0.25) is 14.4 Å². The average molecular weight is 571 g/mol. The first-order valence-electron chi connectivity index (χ1n) is 14.5. The number of nitrogens with zero attached hydrogens (tertiary/aromatic N) is 2. The van der Waals surface area contributed by atoms with E-state index in [4.69, 9.17) is 4.74 Å². The van der Waals surface area contributed by atoms with Crippen LogP contribution in [0.1, 0.15) is 66.4 Å². The largest absolute Gasteiger partial charge is 0.466 e. The Hall–Kier alpha value is -2.32. The number of thioether (sulfide) groups is 1. The van der Waals surface area contributed by atoms with Gasteiger partial charge in [0, 0.05) is 17.3 Å². The minimum Gasteiger partial charge on any atom is -0.466 e. The minimum absolute atomic E-state index is 0.0360. The lowest BCUT2D eigenvalue weighted by Crippen LogP contribution is -2.61. The van der Waals surface area contributed by atoms with Gasteiger partial charge < -0.3 is 19.6 Å². The fourth-order valence-electron chi connectivity index (χ4n) is 7.71. The molecule has 3 aliphatic rings. The summed E-state index contributed by atoms with van der Waals surface area (Å²) in [6.45, 7) is 16.7. The zero-order valence-corrected chi connectivity index (χ0v) is 25.7. The molecule has 0 radical (unpaired) electrons. The Bertz CT molecular complexity index is 1120. The highest BCUT2D eigenvalue weighted by atomic mass is 32.2. The topological polar surface area (TPSA) is 87.2 Å². The van der Waals surface area contributed by atoms with Gasteiger partial charge in [0.2, 0.25) is 11.8 Å². The number of hydrogen-bond acceptors (Lipinski definition) is 6. The van der Waals surface area contributed by atoms with Gasteiger partial charge in [-0.05, 0) is 57.4 Å². The number of hydrogen-bond donors (Lipinski definition) is 1. The van der Waals surface area contributed by atoms with E-state index in [0.717, 1.165) is 18.4 Å². The number of likely N-dealkylation sites (tertiary alicyclic amines) is 1. The summed E-state index contributed by atoms with van der Waals surface area (Å²) in [5, 5.41) is 10.6. The number of aliphatic hydroxyl groups is 1. The van der Waals surface area contributed by atoms with Gasteiger partial charge in [-0.25, -0.2) is 0 Å². The monoisotopic (exact) mass is 570 g/mol. The van der Waals surface area contributed by atoms with E-state index in [9.17, 15) is 19.5 Å². The highest BCUT2D eigenvalue weighted by Gasteiger charge is 2.75. The molecule has 1 spiro atoms. The van der Waals surface area contributed by atoms with Crippen LogP contribution >= 0.6 is 11.8 Å². The second-order valence-electron chi connectivity index (χ2n) is 13.4. The first kappa shape index (κ1) is 30.6. The van der Waals surface area contributed by atoms with E-state index in [2.05, 4.69) is 41.2 Å². The Kier molecular flexibility index (Phi) is 8.82. The zero-order valence-electron chi connectivity index (χ0n) is 24.9. The molecule has 40 heavy (non-hydrogen) atoms. The van der Waals surface area contributed by atoms with Crippen molar-refractivity contribution in [2.45, 2.75) is 94.8 Å². The molecule has 3 heterocycles. The van der Waals surface area contributed by atoms with Crippen LogP contribution in [0.15, 0.2) is 43.0 Å². The number of carbonyl (C=O) groups is 3. The van der Waals surface area contributed by atoms with Crippen LogP contribution in [0.2, 0.25) is 0 Å². The summed E-state index contributed by atoms with van der Waals surface area (Å²) in [4.78, 5) is 46.1. The number of aliphatic hydroxyl groups excluding tert-OH is 1. The fraction of sp³-hybridized carbons (Fsp3) is 0.656. The van der Waals surface area contributed by atoms with Crippen LogP contribution in [0.5, 0.6) is 0 Å². The van der Waals surface area contributed by atoms with E-state index in [1.54, 1.807) is 29.7 Å². The molecule has 0 aliphatic carbocycles. The molecule has 2 bridgehead atoms. The summed E-state index contributed by atoms with van der Waals surface area (Å²) in [5.74, 6) is -1.93. The van der Waals surface area contributed by atoms with Gasteiger partial charge in [0.25, 0.3) is 0 Å². The second kappa shape index (κ2) is 11.5. The number of fused-ring (bicyclic) bond motifs is 1. The summed E-state index contributed by atoms with van der Waals surface area (Å²) >= 11 is 1.63. The van der Waals surface area contributed by atoms with Crippen LogP contribution in [0.3, 0.4) is 0 Å². The maximum Gasteiger partial charge on any atom is 0.310 e. The molecule has 3 fully saturated rings. The molecule has 6 atom stereocenters. The second-order valence-corrected chi connectivity index (χ2v) is 15.0. The van der Waals surface area contributed by atoms with Crippen molar-refractivity contribution >= 4 is 29.5 Å². The summed E-state index contributed by atoms with van der Waals surface area (Å²) < 4.78 is 4.72. The van der Waals surface area contributed by atoms with Crippen molar-refractivity contribution in [1.29, 1.82) is 0 Å². The lowest BCUT2D eigenvalue weighted by atomic mass is 9.71. The lowest BCUT2D eigenvalue weighted by Gasteiger charge is -2.46. The quantitative estimate of drug-likeness (QED) is 0.312. The van der Waals surface area contributed by atoms with E-state index in [1.807, 2.05) is 35.2 Å². The van der Waals surface area contributed by atoms with E-state index in [1.165, 1.54) is 0 Å². The molecule has 220 valence electrons. The Labute approximate surface area is 243 Å². The van der Waals surface area contributed by atoms with Crippen LogP contribution in [0, 0.1) is 17.3 Å². The van der Waals surface area contributed by atoms with Crippen molar-refractivity contribution in [3.05, 3.63) is 48.6 Å². The standard InChI is InChI=1S/C32H46N2O5S/c1-8-17-33(31(6,7)20-30(3,4)5)28(37)26-32-16-15-23(40-32)24(29(38)39-9-2)25(32)27(36)34(26)22(19-35)18-21-13-11-10-12-14-21/h8,10-14,22-26,35H,1,9,15-20H2,2-7H3/t22-,23+,24-,25+,26?,32?/m1/s1. The highest BCUT2D eigenvalue weighted by molar-refractivity contribution is 8.02. The lowest BCUT2D eigenvalue weighted by molar-refractivity contribution is -0.154. The maximum atomic E-state index is 14.9. The Balaban J connectivity index is 1.82. The highest BCUT2D eigenvalue weighted by Crippen LogP contribution is 2.67. The van der Waals surface area contributed by atoms with Crippen molar-refractivity contribution in [2.24, 2.45) is 17.3 Å². The third-order valence-electron chi connectivity index (χ3n) is 8.72. The Morgan fingerprint density at radius 2 is 1.93 bits per heavy atom. The fourth-order valence-corrected chi connectivity index (χ4v) is 9.90. The van der Waals surface area contributed by atoms with Crippen molar-refractivity contribution in [1.82, 2.24) is 9.80 Å². The van der Waals surface area contributed by atoms with Gasteiger partial charge in [0.05, 0.1) is 35.8 Å². The molecule has 3 saturated heterocycles. The molecule has 0 aromatic heterocycles. The maximum absolute atomic E-state index is 14.9. The van der Waals surface area contributed by atoms with Gasteiger partial charge in [0.1, 0.15) is 6.04 Å². The SMILES string of the molecule is C=CCN(C(=O)C1N([C@@H](CO)Cc2ccccc2)C(=O)[C@@H]2[C@H](C(=O)OCC)[C@@H]3CCC12S3)C(C)(C)CC(C)(C)C. The first-order chi connectivity index (χ1) is 18.8. The van der Waals surface area contributed by atoms with Crippen LogP contribution in [0.4, 0.5) is 0 Å². The zero-order chi connectivity index (χ0) is 29.5. The number of benzene rings is 1. The number of amides is 2. The molecule has 1 aromatic rings. The number of rotatable bonds is 11. The third kappa shape index (κ3) is 5.46. The van der Waals surface area contributed by atoms with Crippen molar-refractivity contribution in [3.63, 3.8) is 0 Å². The van der Waals surface area contributed by atoms with Crippen LogP contribution in [0.25, 0.3) is 0 Å². The van der Waals surface area contributed by atoms with Crippen molar-refractivity contribution in [3.8, 4) is 0 Å². The molecule has 1 N–H and O–H groups in total. The van der Waals surface area contributed by atoms with Crippen LogP contribution in [-0.2, 0) is 25.5 Å². The number of ether oxygens (including phenoxy) is 1. The van der Waals surface area contributed by atoms with Gasteiger partial charge >= 0.3 is 5.97 Å². The molecular weight excluding hydrogens is 524 g/mol. The molecular formula is C32H46N2O5S. The van der Waals surface area contributed by atoms with E-state index < -0.39 is 34.2 Å². The molecule has 7 nitrogen and oxygen atoms in total. The van der Waals surface area contributed by atoms with E-state index >= 15 is 0 Å². The Morgan fingerprint density at radius 3 is 2.50 bits per heavy atom. The molecule has 8 heteroatoms. The summed E-state index contributed by atoms with van der Waals surface area (Å²) in [6, 6.07) is 8.34. The normalized spacial score (nSPS) is 28.4. The summed E-state index contributed by atoms with van der Waals surface area (Å²) in [7, 11) is 0. The third-order valence-corrected chi connectivity index (χ3v) is 10.7.